The maximum atomic E-state index is 10.4. The van der Waals surface area contributed by atoms with Crippen LogP contribution in [0.15, 0.2) is 46.2 Å². The molecule has 1 spiro atoms. The van der Waals surface area contributed by atoms with Gasteiger partial charge < -0.3 is 19.7 Å². The third-order valence-corrected chi connectivity index (χ3v) is 5.86. The number of phenolic OH excluding ortho intramolecular Hbond substituents is 2. The first-order chi connectivity index (χ1) is 11.4. The summed E-state index contributed by atoms with van der Waals surface area (Å²) < 4.78 is 12.7. The van der Waals surface area contributed by atoms with E-state index in [0.717, 1.165) is 22.4 Å². The zero-order valence-corrected chi connectivity index (χ0v) is 14.5. The van der Waals surface area contributed by atoms with Crippen LogP contribution in [0.2, 0.25) is 0 Å². The molecule has 0 amide bonds. The molecule has 1 unspecified atom stereocenters. The third kappa shape index (κ3) is 2.31. The van der Waals surface area contributed by atoms with Gasteiger partial charge in [-0.2, -0.15) is 0 Å². The van der Waals surface area contributed by atoms with E-state index < -0.39 is 5.79 Å². The van der Waals surface area contributed by atoms with E-state index in [1.807, 2.05) is 24.3 Å². The lowest BCUT2D eigenvalue weighted by molar-refractivity contribution is -0.212. The van der Waals surface area contributed by atoms with Gasteiger partial charge in [-0.25, -0.2) is 0 Å². The molecule has 4 rings (SSSR count). The summed E-state index contributed by atoms with van der Waals surface area (Å²) in [5.74, 6) is -1.30. The number of rotatable bonds is 0. The van der Waals surface area contributed by atoms with Crippen molar-refractivity contribution in [3.8, 4) is 11.5 Å². The van der Waals surface area contributed by atoms with Gasteiger partial charge in [0.25, 0.3) is 0 Å². The maximum absolute atomic E-state index is 10.4. The van der Waals surface area contributed by atoms with Crippen LogP contribution in [0.5, 0.6) is 11.5 Å². The minimum absolute atomic E-state index is 0.0160. The molecule has 2 aromatic carbocycles. The predicted molar refractivity (Wildman–Crippen MR) is 91.4 cm³/mol. The van der Waals surface area contributed by atoms with Crippen LogP contribution >= 0.6 is 11.8 Å². The van der Waals surface area contributed by atoms with Gasteiger partial charge in [-0.15, -0.1) is 0 Å². The van der Waals surface area contributed by atoms with Crippen LogP contribution in [0.25, 0.3) is 0 Å². The first kappa shape index (κ1) is 15.8. The van der Waals surface area contributed by atoms with Gasteiger partial charge in [0.15, 0.2) is 11.5 Å². The van der Waals surface area contributed by atoms with Crippen molar-refractivity contribution in [2.75, 3.05) is 13.2 Å². The lowest BCUT2D eigenvalue weighted by Gasteiger charge is -2.39. The van der Waals surface area contributed by atoms with Crippen molar-refractivity contribution in [2.24, 2.45) is 5.41 Å². The standard InChI is InChI=1S/C19H20O4S/c1-18(2)9-10-22-19(23-11-18)12-5-3-4-6-15(12)24-17-13(19)7-8-14(20)16(17)21/h3-8,20-21H,9-11H2,1-2H3. The molecule has 0 aromatic heterocycles. The summed E-state index contributed by atoms with van der Waals surface area (Å²) >= 11 is 1.43. The van der Waals surface area contributed by atoms with E-state index in [4.69, 9.17) is 9.47 Å². The molecule has 0 radical (unpaired) electrons. The van der Waals surface area contributed by atoms with E-state index in [2.05, 4.69) is 13.8 Å². The lowest BCUT2D eigenvalue weighted by atomic mass is 9.91. The second-order valence-corrected chi connectivity index (χ2v) is 8.13. The highest BCUT2D eigenvalue weighted by Crippen LogP contribution is 2.56. The normalized spacial score (nSPS) is 24.9. The minimum Gasteiger partial charge on any atom is -0.504 e. The van der Waals surface area contributed by atoms with Crippen molar-refractivity contribution in [3.05, 3.63) is 47.5 Å². The SMILES string of the molecule is CC1(C)CCOC2(OC1)c1ccccc1Sc1c2ccc(O)c1O. The first-order valence-corrected chi connectivity index (χ1v) is 8.85. The average Bonchev–Trinajstić information content (AvgIpc) is 2.71. The Hall–Kier alpha value is -1.69. The zero-order chi connectivity index (χ0) is 16.9. The summed E-state index contributed by atoms with van der Waals surface area (Å²) in [6.45, 7) is 5.43. The second-order valence-electron chi connectivity index (χ2n) is 7.08. The summed E-state index contributed by atoms with van der Waals surface area (Å²) in [5, 5.41) is 20.3. The van der Waals surface area contributed by atoms with Crippen LogP contribution < -0.4 is 0 Å². The molecular formula is C19H20O4S. The molecule has 2 aliphatic rings. The Morgan fingerprint density at radius 2 is 1.79 bits per heavy atom. The summed E-state index contributed by atoms with van der Waals surface area (Å²) in [4.78, 5) is 1.55. The van der Waals surface area contributed by atoms with Gasteiger partial charge in [0.05, 0.1) is 18.1 Å². The highest BCUT2D eigenvalue weighted by Gasteiger charge is 2.47. The van der Waals surface area contributed by atoms with Crippen molar-refractivity contribution < 1.29 is 19.7 Å². The van der Waals surface area contributed by atoms with E-state index in [0.29, 0.717) is 18.1 Å². The molecule has 24 heavy (non-hydrogen) atoms. The number of aromatic hydroxyl groups is 2. The number of benzene rings is 2. The molecule has 2 aromatic rings. The van der Waals surface area contributed by atoms with Crippen molar-refractivity contribution in [3.63, 3.8) is 0 Å². The number of phenols is 2. The second kappa shape index (κ2) is 5.41. The molecule has 0 bridgehead atoms. The minimum atomic E-state index is -1.05. The Morgan fingerprint density at radius 1 is 1.00 bits per heavy atom. The van der Waals surface area contributed by atoms with Crippen molar-refractivity contribution >= 4 is 11.8 Å². The fourth-order valence-electron chi connectivity index (χ4n) is 3.20. The lowest BCUT2D eigenvalue weighted by Crippen LogP contribution is -2.37. The molecule has 0 aliphatic carbocycles. The number of hydrogen-bond acceptors (Lipinski definition) is 5. The molecule has 1 saturated heterocycles. The first-order valence-electron chi connectivity index (χ1n) is 8.04. The molecule has 0 saturated carbocycles. The third-order valence-electron chi connectivity index (χ3n) is 4.67. The molecule has 126 valence electrons. The van der Waals surface area contributed by atoms with Gasteiger partial charge in [0.2, 0.25) is 5.79 Å². The van der Waals surface area contributed by atoms with E-state index in [9.17, 15) is 10.2 Å². The van der Waals surface area contributed by atoms with Crippen LogP contribution in [0.1, 0.15) is 31.4 Å². The van der Waals surface area contributed by atoms with Crippen LogP contribution in [0, 0.1) is 5.41 Å². The van der Waals surface area contributed by atoms with Gasteiger partial charge in [0.1, 0.15) is 0 Å². The highest BCUT2D eigenvalue weighted by atomic mass is 32.2. The van der Waals surface area contributed by atoms with Gasteiger partial charge in [-0.1, -0.05) is 43.8 Å². The van der Waals surface area contributed by atoms with E-state index in [-0.39, 0.29) is 16.9 Å². The fraction of sp³-hybridized carbons (Fsp3) is 0.368. The molecule has 1 fully saturated rings. The van der Waals surface area contributed by atoms with Crippen molar-refractivity contribution in [1.82, 2.24) is 0 Å². The fourth-order valence-corrected chi connectivity index (χ4v) is 4.39. The molecule has 1 atom stereocenters. The quantitative estimate of drug-likeness (QED) is 0.701. The smallest absolute Gasteiger partial charge is 0.224 e. The van der Waals surface area contributed by atoms with Gasteiger partial charge in [-0.3, -0.25) is 0 Å². The predicted octanol–water partition coefficient (Wildman–Crippen LogP) is 4.23. The number of hydrogen-bond donors (Lipinski definition) is 2. The van der Waals surface area contributed by atoms with Crippen molar-refractivity contribution in [2.45, 2.75) is 35.8 Å². The Morgan fingerprint density at radius 3 is 2.62 bits per heavy atom. The van der Waals surface area contributed by atoms with Crippen LogP contribution in [0.4, 0.5) is 0 Å². The topological polar surface area (TPSA) is 58.9 Å². The van der Waals surface area contributed by atoms with Crippen LogP contribution in [-0.4, -0.2) is 23.4 Å². The van der Waals surface area contributed by atoms with E-state index in [1.54, 1.807) is 6.07 Å². The number of fused-ring (bicyclic) bond motifs is 4. The summed E-state index contributed by atoms with van der Waals surface area (Å²) in [6.07, 6.45) is 0.892. The zero-order valence-electron chi connectivity index (χ0n) is 13.7. The molecule has 2 aliphatic heterocycles. The Bertz CT molecular complexity index is 802. The average molecular weight is 344 g/mol. The van der Waals surface area contributed by atoms with Gasteiger partial charge in [-0.05, 0) is 30.0 Å². The largest absolute Gasteiger partial charge is 0.504 e. The number of ether oxygens (including phenoxy) is 2. The summed E-state index contributed by atoms with van der Waals surface area (Å²) in [7, 11) is 0. The summed E-state index contributed by atoms with van der Waals surface area (Å²) in [6, 6.07) is 11.2. The molecule has 5 heteroatoms. The van der Waals surface area contributed by atoms with Crippen LogP contribution in [-0.2, 0) is 15.3 Å². The molecular weight excluding hydrogens is 324 g/mol. The van der Waals surface area contributed by atoms with Gasteiger partial charge >= 0.3 is 0 Å². The van der Waals surface area contributed by atoms with Crippen molar-refractivity contribution in [1.29, 1.82) is 0 Å². The molecule has 2 N–H and O–H groups in total. The maximum Gasteiger partial charge on any atom is 0.224 e. The van der Waals surface area contributed by atoms with E-state index >= 15 is 0 Å². The van der Waals surface area contributed by atoms with E-state index in [1.165, 1.54) is 17.8 Å². The molecule has 4 nitrogen and oxygen atoms in total. The summed E-state index contributed by atoms with van der Waals surface area (Å²) in [5.41, 5.74) is 1.71. The Labute approximate surface area is 145 Å². The Balaban J connectivity index is 1.95. The molecule has 2 heterocycles. The van der Waals surface area contributed by atoms with Crippen LogP contribution in [0.3, 0.4) is 0 Å². The monoisotopic (exact) mass is 344 g/mol. The Kier molecular flexibility index (Phi) is 3.56. The van der Waals surface area contributed by atoms with Gasteiger partial charge in [0, 0.05) is 16.0 Å². The highest BCUT2D eigenvalue weighted by molar-refractivity contribution is 7.99.